The highest BCUT2D eigenvalue weighted by Crippen LogP contribution is 2.33. The van der Waals surface area contributed by atoms with Crippen molar-refractivity contribution in [2.75, 3.05) is 5.73 Å². The lowest BCUT2D eigenvalue weighted by molar-refractivity contribution is 1.18. The van der Waals surface area contributed by atoms with Crippen LogP contribution in [0, 0.1) is 0 Å². The molecule has 0 unspecified atom stereocenters. The molecule has 0 saturated carbocycles. The van der Waals surface area contributed by atoms with Gasteiger partial charge in [0.1, 0.15) is 0 Å². The number of para-hydroxylation sites is 3. The van der Waals surface area contributed by atoms with Gasteiger partial charge in [-0.15, -0.1) is 0 Å². The molecular formula is C48H38N2. The molecule has 0 bridgehead atoms. The van der Waals surface area contributed by atoms with Crippen molar-refractivity contribution in [2.24, 2.45) is 0 Å². The topological polar surface area (TPSA) is 30.9 Å². The van der Waals surface area contributed by atoms with Crippen LogP contribution in [0.5, 0.6) is 0 Å². The molecular weight excluding hydrogens is 605 g/mol. The van der Waals surface area contributed by atoms with E-state index < -0.39 is 0 Å². The summed E-state index contributed by atoms with van der Waals surface area (Å²) in [6.07, 6.45) is 0. The third-order valence-electron chi connectivity index (χ3n) is 8.74. The molecule has 0 amide bonds. The number of nitrogens with zero attached hydrogens (tertiary/aromatic N) is 1. The maximum absolute atomic E-state index is 6.13. The standard InChI is InChI=1S/C24H18N2.2C12H10/c25-22-10-4-1-7-19(22)17-13-15-18(16-14-17)26-23-11-5-2-8-20(23)21-9-3-6-12-24(21)26;2*1-3-7-11(8-4-1)12-9-5-2-6-10-12/h1-16H,25H2;2*1-10H. The van der Waals surface area contributed by atoms with Crippen LogP contribution in [-0.2, 0) is 0 Å². The fourth-order valence-corrected chi connectivity index (χ4v) is 6.27. The molecule has 0 saturated heterocycles. The summed E-state index contributed by atoms with van der Waals surface area (Å²) in [6, 6.07) is 75.3. The molecule has 1 heterocycles. The van der Waals surface area contributed by atoms with E-state index in [2.05, 4.69) is 180 Å². The number of aromatic nitrogens is 1. The summed E-state index contributed by atoms with van der Waals surface area (Å²) in [5.41, 5.74) is 17.8. The van der Waals surface area contributed by atoms with E-state index in [1.165, 1.54) is 44.1 Å². The van der Waals surface area contributed by atoms with Crippen LogP contribution in [0.2, 0.25) is 0 Å². The normalized spacial score (nSPS) is 10.5. The first-order valence-corrected chi connectivity index (χ1v) is 16.9. The zero-order valence-electron chi connectivity index (χ0n) is 27.8. The van der Waals surface area contributed by atoms with Crippen LogP contribution in [0.15, 0.2) is 218 Å². The maximum atomic E-state index is 6.13. The fraction of sp³-hybridized carbons (Fsp3) is 0. The minimum Gasteiger partial charge on any atom is -0.398 e. The summed E-state index contributed by atoms with van der Waals surface area (Å²) >= 11 is 0. The van der Waals surface area contributed by atoms with Crippen LogP contribution < -0.4 is 5.73 Å². The number of benzene rings is 8. The number of nitrogen functional groups attached to an aromatic ring is 1. The predicted molar refractivity (Wildman–Crippen MR) is 214 cm³/mol. The van der Waals surface area contributed by atoms with Crippen molar-refractivity contribution in [2.45, 2.75) is 0 Å². The summed E-state index contributed by atoms with van der Waals surface area (Å²) in [7, 11) is 0. The van der Waals surface area contributed by atoms with E-state index in [0.717, 1.165) is 22.5 Å². The molecule has 2 heteroatoms. The maximum Gasteiger partial charge on any atom is 0.0541 e. The Morgan fingerprint density at radius 1 is 0.280 bits per heavy atom. The van der Waals surface area contributed by atoms with Crippen molar-refractivity contribution in [1.82, 2.24) is 4.57 Å². The minimum atomic E-state index is 0.803. The molecule has 2 nitrogen and oxygen atoms in total. The quantitative estimate of drug-likeness (QED) is 0.190. The van der Waals surface area contributed by atoms with E-state index >= 15 is 0 Å². The lowest BCUT2D eigenvalue weighted by Crippen LogP contribution is -1.94. The first-order valence-electron chi connectivity index (χ1n) is 16.9. The highest BCUT2D eigenvalue weighted by Gasteiger charge is 2.11. The Bertz CT molecular complexity index is 2190. The van der Waals surface area contributed by atoms with Crippen molar-refractivity contribution >= 4 is 27.5 Å². The van der Waals surface area contributed by atoms with E-state index in [1.807, 2.05) is 42.5 Å². The first kappa shape index (κ1) is 31.9. The van der Waals surface area contributed by atoms with Gasteiger partial charge in [-0.3, -0.25) is 0 Å². The largest absolute Gasteiger partial charge is 0.398 e. The van der Waals surface area contributed by atoms with Crippen LogP contribution in [-0.4, -0.2) is 4.57 Å². The van der Waals surface area contributed by atoms with Crippen LogP contribution >= 0.6 is 0 Å². The summed E-state index contributed by atoms with van der Waals surface area (Å²) in [5.74, 6) is 0. The second-order valence-corrected chi connectivity index (χ2v) is 12.0. The zero-order chi connectivity index (χ0) is 34.0. The number of fused-ring (bicyclic) bond motifs is 3. The zero-order valence-corrected chi connectivity index (χ0v) is 27.8. The number of rotatable bonds is 4. The van der Waals surface area contributed by atoms with Crippen molar-refractivity contribution in [1.29, 1.82) is 0 Å². The van der Waals surface area contributed by atoms with Crippen LogP contribution in [0.1, 0.15) is 0 Å². The summed E-state index contributed by atoms with van der Waals surface area (Å²) in [5, 5.41) is 2.55. The van der Waals surface area contributed by atoms with Gasteiger partial charge >= 0.3 is 0 Å². The molecule has 0 aliphatic rings. The second kappa shape index (κ2) is 15.5. The highest BCUT2D eigenvalue weighted by atomic mass is 15.0. The molecule has 8 aromatic carbocycles. The summed E-state index contributed by atoms with van der Waals surface area (Å²) in [4.78, 5) is 0. The smallest absolute Gasteiger partial charge is 0.0541 e. The van der Waals surface area contributed by atoms with E-state index in [4.69, 9.17) is 5.73 Å². The number of hydrogen-bond donors (Lipinski definition) is 1. The van der Waals surface area contributed by atoms with Gasteiger partial charge < -0.3 is 10.3 Å². The number of anilines is 1. The van der Waals surface area contributed by atoms with Gasteiger partial charge in [0.05, 0.1) is 11.0 Å². The van der Waals surface area contributed by atoms with Gasteiger partial charge in [0.2, 0.25) is 0 Å². The molecule has 1 aromatic heterocycles. The Morgan fingerprint density at radius 3 is 1.02 bits per heavy atom. The van der Waals surface area contributed by atoms with E-state index in [0.29, 0.717) is 0 Å². The molecule has 2 N–H and O–H groups in total. The minimum absolute atomic E-state index is 0.803. The molecule has 0 aliphatic carbocycles. The van der Waals surface area contributed by atoms with Gasteiger partial charge in [0, 0.05) is 27.7 Å². The van der Waals surface area contributed by atoms with Crippen molar-refractivity contribution in [3.8, 4) is 39.1 Å². The van der Waals surface area contributed by atoms with Gasteiger partial charge in [0.15, 0.2) is 0 Å². The van der Waals surface area contributed by atoms with Gasteiger partial charge in [-0.1, -0.05) is 188 Å². The summed E-state index contributed by atoms with van der Waals surface area (Å²) < 4.78 is 2.32. The SMILES string of the molecule is Nc1ccccc1-c1ccc(-n2c3ccccc3c3ccccc32)cc1.c1ccc(-c2ccccc2)cc1.c1ccc(-c2ccccc2)cc1. The number of hydrogen-bond acceptors (Lipinski definition) is 1. The molecule has 240 valence electrons. The molecule has 0 atom stereocenters. The Morgan fingerprint density at radius 2 is 0.620 bits per heavy atom. The van der Waals surface area contributed by atoms with Gasteiger partial charge in [-0.2, -0.15) is 0 Å². The van der Waals surface area contributed by atoms with Crippen LogP contribution in [0.4, 0.5) is 5.69 Å². The molecule has 0 aliphatic heterocycles. The lowest BCUT2D eigenvalue weighted by atomic mass is 10.0. The molecule has 50 heavy (non-hydrogen) atoms. The Balaban J connectivity index is 0.000000135. The Hall–Kier alpha value is -6.64. The van der Waals surface area contributed by atoms with Crippen molar-refractivity contribution in [3.63, 3.8) is 0 Å². The number of nitrogens with two attached hydrogens (primary N) is 1. The third-order valence-corrected chi connectivity index (χ3v) is 8.74. The van der Waals surface area contributed by atoms with Gasteiger partial charge in [-0.25, -0.2) is 0 Å². The average Bonchev–Trinajstić information content (AvgIpc) is 3.54. The molecule has 0 fully saturated rings. The van der Waals surface area contributed by atoms with Gasteiger partial charge in [-0.05, 0) is 58.1 Å². The second-order valence-electron chi connectivity index (χ2n) is 12.0. The fourth-order valence-electron chi connectivity index (χ4n) is 6.27. The molecule has 0 spiro atoms. The lowest BCUT2D eigenvalue weighted by Gasteiger charge is -2.10. The Kier molecular flexibility index (Phi) is 9.90. The predicted octanol–water partition coefficient (Wildman–Crippen LogP) is 12.7. The van der Waals surface area contributed by atoms with Crippen molar-refractivity contribution < 1.29 is 0 Å². The van der Waals surface area contributed by atoms with E-state index in [-0.39, 0.29) is 0 Å². The molecule has 0 radical (unpaired) electrons. The Labute approximate surface area is 294 Å². The molecule has 9 rings (SSSR count). The average molecular weight is 643 g/mol. The summed E-state index contributed by atoms with van der Waals surface area (Å²) in [6.45, 7) is 0. The molecule has 9 aromatic rings. The monoisotopic (exact) mass is 642 g/mol. The van der Waals surface area contributed by atoms with Crippen LogP contribution in [0.3, 0.4) is 0 Å². The van der Waals surface area contributed by atoms with Crippen LogP contribution in [0.25, 0.3) is 60.9 Å². The van der Waals surface area contributed by atoms with Gasteiger partial charge in [0.25, 0.3) is 0 Å². The third kappa shape index (κ3) is 7.26. The highest BCUT2D eigenvalue weighted by molar-refractivity contribution is 6.09. The first-order chi connectivity index (χ1) is 24.8. The van der Waals surface area contributed by atoms with E-state index in [1.54, 1.807) is 0 Å². The van der Waals surface area contributed by atoms with Crippen molar-refractivity contribution in [3.05, 3.63) is 218 Å². The van der Waals surface area contributed by atoms with E-state index in [9.17, 15) is 0 Å².